The molecular weight excluding hydrogens is 456 g/mol. The molecule has 0 aliphatic carbocycles. The summed E-state index contributed by atoms with van der Waals surface area (Å²) >= 11 is 0. The molecule has 2 aromatic heterocycles. The minimum Gasteiger partial charge on any atom is -0.480 e. The first kappa shape index (κ1) is 22.8. The van der Waals surface area contributed by atoms with Crippen molar-refractivity contribution in [3.05, 3.63) is 54.1 Å². The van der Waals surface area contributed by atoms with Gasteiger partial charge in [0, 0.05) is 36.5 Å². The van der Waals surface area contributed by atoms with Crippen LogP contribution in [0.15, 0.2) is 41.7 Å². The van der Waals surface area contributed by atoms with Crippen molar-refractivity contribution < 1.29 is 26.7 Å². The van der Waals surface area contributed by atoms with Crippen LogP contribution in [0.4, 0.5) is 20.3 Å². The molecule has 0 atom stereocenters. The van der Waals surface area contributed by atoms with Gasteiger partial charge >= 0.3 is 0 Å². The summed E-state index contributed by atoms with van der Waals surface area (Å²) in [7, 11) is -3.08. The molecule has 1 fully saturated rings. The van der Waals surface area contributed by atoms with Crippen LogP contribution in [0.5, 0.6) is 5.88 Å². The molecule has 1 aromatic carbocycles. The van der Waals surface area contributed by atoms with Crippen molar-refractivity contribution in [3.8, 4) is 17.0 Å². The number of pyridine rings is 1. The SMILES string of the molecule is COc1ncc(-c2c(C)ncnc2N2CCOCC2)cc1NS(=O)(=O)c1ccc(F)cc1F. The molecule has 0 saturated carbocycles. The lowest BCUT2D eigenvalue weighted by atomic mass is 10.1. The minimum absolute atomic E-state index is 0.0186. The van der Waals surface area contributed by atoms with Crippen molar-refractivity contribution in [2.45, 2.75) is 11.8 Å². The van der Waals surface area contributed by atoms with Gasteiger partial charge < -0.3 is 14.4 Å². The van der Waals surface area contributed by atoms with Crippen molar-refractivity contribution in [1.82, 2.24) is 15.0 Å². The third-order valence-corrected chi connectivity index (χ3v) is 6.49. The van der Waals surface area contributed by atoms with Gasteiger partial charge in [-0.3, -0.25) is 4.72 Å². The first-order valence-electron chi connectivity index (χ1n) is 9.96. The van der Waals surface area contributed by atoms with Gasteiger partial charge in [-0.2, -0.15) is 0 Å². The van der Waals surface area contributed by atoms with E-state index in [9.17, 15) is 17.2 Å². The van der Waals surface area contributed by atoms with E-state index in [2.05, 4.69) is 24.6 Å². The van der Waals surface area contributed by atoms with Crippen LogP contribution < -0.4 is 14.4 Å². The molecule has 1 N–H and O–H groups in total. The van der Waals surface area contributed by atoms with Crippen molar-refractivity contribution >= 4 is 21.5 Å². The number of benzene rings is 1. The van der Waals surface area contributed by atoms with E-state index in [0.29, 0.717) is 55.0 Å². The highest BCUT2D eigenvalue weighted by Gasteiger charge is 2.24. The Morgan fingerprint density at radius 3 is 2.58 bits per heavy atom. The van der Waals surface area contributed by atoms with Crippen molar-refractivity contribution in [2.24, 2.45) is 0 Å². The summed E-state index contributed by atoms with van der Waals surface area (Å²) in [6.45, 7) is 4.19. The van der Waals surface area contributed by atoms with Gasteiger partial charge in [-0.25, -0.2) is 32.2 Å². The van der Waals surface area contributed by atoms with E-state index < -0.39 is 26.6 Å². The molecule has 33 heavy (non-hydrogen) atoms. The molecule has 0 spiro atoms. The summed E-state index contributed by atoms with van der Waals surface area (Å²) < 4.78 is 65.9. The zero-order chi connectivity index (χ0) is 23.6. The van der Waals surface area contributed by atoms with E-state index in [0.717, 1.165) is 12.1 Å². The van der Waals surface area contributed by atoms with Gasteiger partial charge in [0.25, 0.3) is 10.0 Å². The molecule has 1 aliphatic heterocycles. The summed E-state index contributed by atoms with van der Waals surface area (Å²) in [5.41, 5.74) is 1.85. The van der Waals surface area contributed by atoms with Crippen molar-refractivity contribution in [1.29, 1.82) is 0 Å². The second kappa shape index (κ2) is 9.24. The Bertz CT molecular complexity index is 1280. The van der Waals surface area contributed by atoms with Crippen LogP contribution >= 0.6 is 0 Å². The van der Waals surface area contributed by atoms with Crippen LogP contribution in [0.1, 0.15) is 5.69 Å². The normalized spacial score (nSPS) is 14.2. The maximum Gasteiger partial charge on any atom is 0.264 e. The highest BCUT2D eigenvalue weighted by atomic mass is 32.2. The molecule has 3 heterocycles. The summed E-state index contributed by atoms with van der Waals surface area (Å²) in [6, 6.07) is 3.73. The van der Waals surface area contributed by atoms with Crippen molar-refractivity contribution in [3.63, 3.8) is 0 Å². The zero-order valence-electron chi connectivity index (χ0n) is 17.9. The minimum atomic E-state index is -4.40. The fourth-order valence-electron chi connectivity index (χ4n) is 3.53. The molecule has 174 valence electrons. The average molecular weight is 477 g/mol. The van der Waals surface area contributed by atoms with E-state index in [4.69, 9.17) is 9.47 Å². The number of sulfonamides is 1. The average Bonchev–Trinajstić information content (AvgIpc) is 2.79. The third-order valence-electron chi connectivity index (χ3n) is 5.09. The lowest BCUT2D eigenvalue weighted by Gasteiger charge is -2.29. The number of rotatable bonds is 6. The number of hydrogen-bond acceptors (Lipinski definition) is 8. The standard InChI is InChI=1S/C21H21F2N5O4S/c1-13-19(20(26-12-25-13)28-5-7-32-8-6-28)14-9-17(21(31-2)24-11-14)27-33(29,30)18-4-3-15(22)10-16(18)23/h3-4,9-12,27H,5-8H2,1-2H3. The van der Waals surface area contributed by atoms with Gasteiger partial charge in [0.05, 0.1) is 26.0 Å². The molecule has 1 saturated heterocycles. The van der Waals surface area contributed by atoms with Crippen LogP contribution in [-0.2, 0) is 14.8 Å². The third kappa shape index (κ3) is 4.71. The number of halogens is 2. The van der Waals surface area contributed by atoms with E-state index in [-0.39, 0.29) is 11.6 Å². The number of hydrogen-bond donors (Lipinski definition) is 1. The topological polar surface area (TPSA) is 107 Å². The molecule has 4 rings (SSSR count). The molecule has 1 aliphatic rings. The number of nitrogens with one attached hydrogen (secondary N) is 1. The second-order valence-corrected chi connectivity index (χ2v) is 8.87. The Kier molecular flexibility index (Phi) is 6.38. The van der Waals surface area contributed by atoms with E-state index >= 15 is 0 Å². The van der Waals surface area contributed by atoms with Crippen LogP contribution in [0.2, 0.25) is 0 Å². The van der Waals surface area contributed by atoms with Gasteiger partial charge in [0.15, 0.2) is 0 Å². The molecule has 0 amide bonds. The van der Waals surface area contributed by atoms with Gasteiger partial charge in [0.1, 0.15) is 34.4 Å². The Labute approximate surface area is 189 Å². The molecule has 0 radical (unpaired) electrons. The van der Waals surface area contributed by atoms with E-state index in [1.54, 1.807) is 0 Å². The zero-order valence-corrected chi connectivity index (χ0v) is 18.7. The Hall–Kier alpha value is -3.38. The predicted octanol–water partition coefficient (Wildman–Crippen LogP) is 2.77. The van der Waals surface area contributed by atoms with E-state index in [1.807, 2.05) is 6.92 Å². The maximum atomic E-state index is 14.1. The first-order valence-corrected chi connectivity index (χ1v) is 11.4. The first-order chi connectivity index (χ1) is 15.8. The number of ether oxygens (including phenoxy) is 2. The quantitative estimate of drug-likeness (QED) is 0.578. The highest BCUT2D eigenvalue weighted by molar-refractivity contribution is 7.92. The molecule has 9 nitrogen and oxygen atoms in total. The fourth-order valence-corrected chi connectivity index (χ4v) is 4.64. The highest BCUT2D eigenvalue weighted by Crippen LogP contribution is 2.35. The number of aromatic nitrogens is 3. The van der Waals surface area contributed by atoms with Gasteiger partial charge in [-0.1, -0.05) is 0 Å². The lowest BCUT2D eigenvalue weighted by Crippen LogP contribution is -2.37. The van der Waals surface area contributed by atoms with E-state index in [1.165, 1.54) is 25.7 Å². The molecule has 3 aromatic rings. The number of methoxy groups -OCH3 is 1. The van der Waals surface area contributed by atoms with Crippen molar-refractivity contribution in [2.75, 3.05) is 43.0 Å². The maximum absolute atomic E-state index is 14.1. The van der Waals surface area contributed by atoms with Crippen LogP contribution in [-0.4, -0.2) is 56.8 Å². The largest absolute Gasteiger partial charge is 0.480 e. The Morgan fingerprint density at radius 2 is 1.88 bits per heavy atom. The number of aryl methyl sites for hydroxylation is 1. The van der Waals surface area contributed by atoms with Crippen LogP contribution in [0, 0.1) is 18.6 Å². The van der Waals surface area contributed by atoms with Gasteiger partial charge in [-0.05, 0) is 25.1 Å². The molecular formula is C21H21F2N5O4S. The molecule has 0 bridgehead atoms. The second-order valence-electron chi connectivity index (χ2n) is 7.22. The molecule has 12 heteroatoms. The Morgan fingerprint density at radius 1 is 1.12 bits per heavy atom. The summed E-state index contributed by atoms with van der Waals surface area (Å²) in [5.74, 6) is -1.46. The number of morpholine rings is 1. The summed E-state index contributed by atoms with van der Waals surface area (Å²) in [5, 5.41) is 0. The molecule has 0 unspecified atom stereocenters. The monoisotopic (exact) mass is 477 g/mol. The van der Waals surface area contributed by atoms with Crippen LogP contribution in [0.3, 0.4) is 0 Å². The lowest BCUT2D eigenvalue weighted by molar-refractivity contribution is 0.122. The van der Waals surface area contributed by atoms with Gasteiger partial charge in [-0.15, -0.1) is 0 Å². The number of nitrogens with zero attached hydrogens (tertiary/aromatic N) is 4. The predicted molar refractivity (Wildman–Crippen MR) is 117 cm³/mol. The van der Waals surface area contributed by atoms with Gasteiger partial charge in [0.2, 0.25) is 5.88 Å². The summed E-state index contributed by atoms with van der Waals surface area (Å²) in [6.07, 6.45) is 2.98. The van der Waals surface area contributed by atoms with Crippen LogP contribution in [0.25, 0.3) is 11.1 Å². The fraction of sp³-hybridized carbons (Fsp3) is 0.286. The summed E-state index contributed by atoms with van der Waals surface area (Å²) in [4.78, 5) is 14.3. The Balaban J connectivity index is 1.77. The number of anilines is 2. The smallest absolute Gasteiger partial charge is 0.264 e.